The first-order valence-corrected chi connectivity index (χ1v) is 11.1. The van der Waals surface area contributed by atoms with Gasteiger partial charge in [-0.05, 0) is 0 Å². The molecule has 0 aromatic rings. The molecule has 0 N–H and O–H groups in total. The molecule has 0 amide bonds. The van der Waals surface area contributed by atoms with E-state index in [0.717, 1.165) is 0 Å². The van der Waals surface area contributed by atoms with E-state index in [-0.39, 0.29) is 0 Å². The van der Waals surface area contributed by atoms with Crippen LogP contribution in [0.25, 0.3) is 0 Å². The maximum atomic E-state index is 3.65. The van der Waals surface area contributed by atoms with E-state index < -0.39 is 16.2 Å². The Morgan fingerprint density at radius 2 is 0.333 bits per heavy atom. The lowest BCUT2D eigenvalue weighted by Gasteiger charge is -2.36. The normalized spacial score (nSPS) is 34.0. The molecule has 0 unspecified atom stereocenters. The third-order valence-corrected chi connectivity index (χ3v) is 24.5. The van der Waals surface area contributed by atoms with Crippen LogP contribution in [-0.4, -0.2) is 16.2 Å². The molecule has 1 aliphatic rings. The highest BCUT2D eigenvalue weighted by molar-refractivity contribution is 9.37. The fourth-order valence-electron chi connectivity index (χ4n) is 0.986. The van der Waals surface area contributed by atoms with Crippen LogP contribution in [0.2, 0.25) is 0 Å². The molecule has 1 aliphatic carbocycles. The van der Waals surface area contributed by atoms with Gasteiger partial charge in [-0.1, -0.05) is 159 Å². The second kappa shape index (κ2) is 4.92. The Morgan fingerprint density at radius 3 is 0.400 bits per heavy atom. The van der Waals surface area contributed by atoms with Gasteiger partial charge in [0.25, 0.3) is 0 Å². The van der Waals surface area contributed by atoms with Gasteiger partial charge in [-0.15, -0.1) is 0 Å². The molecule has 10 heteroatoms. The van der Waals surface area contributed by atoms with Gasteiger partial charge in [0.15, 0.2) is 0 Å². The van der Waals surface area contributed by atoms with Crippen molar-refractivity contribution in [2.45, 2.75) is 16.2 Å². The molecular formula is C5Br10. The van der Waals surface area contributed by atoms with Crippen molar-refractivity contribution in [3.8, 4) is 0 Å². The van der Waals surface area contributed by atoms with Crippen LogP contribution in [0.1, 0.15) is 0 Å². The van der Waals surface area contributed by atoms with E-state index in [2.05, 4.69) is 159 Å². The van der Waals surface area contributed by atoms with E-state index in [0.29, 0.717) is 0 Å². The molecule has 90 valence electrons. The zero-order valence-corrected chi connectivity index (χ0v) is 22.1. The van der Waals surface area contributed by atoms with Gasteiger partial charge in [0, 0.05) is 0 Å². The molecule has 1 fully saturated rings. The van der Waals surface area contributed by atoms with Crippen molar-refractivity contribution in [2.75, 3.05) is 0 Å². The Hall–Kier alpha value is 4.80. The van der Waals surface area contributed by atoms with Crippen molar-refractivity contribution >= 4 is 159 Å². The number of halogens is 10. The van der Waals surface area contributed by atoms with Gasteiger partial charge in [0.05, 0.1) is 0 Å². The van der Waals surface area contributed by atoms with Crippen LogP contribution in [-0.2, 0) is 0 Å². The quantitative estimate of drug-likeness (QED) is 0.223. The second-order valence-corrected chi connectivity index (χ2v) is 20.1. The van der Waals surface area contributed by atoms with Crippen molar-refractivity contribution in [1.82, 2.24) is 0 Å². The standard InChI is InChI=1S/C5Br10/c6-1(7)2(8,9)4(12,13)5(14,15)3(1,10)11. The van der Waals surface area contributed by atoms with Crippen LogP contribution in [0, 0.1) is 0 Å². The average Bonchev–Trinajstić information content (AvgIpc) is 2.04. The summed E-state index contributed by atoms with van der Waals surface area (Å²) in [6.45, 7) is 0. The number of hydrogen-bond donors (Lipinski definition) is 0. The molecule has 0 spiro atoms. The minimum absolute atomic E-state index is 0.542. The molecule has 0 nitrogen and oxygen atoms in total. The van der Waals surface area contributed by atoms with Crippen molar-refractivity contribution in [1.29, 1.82) is 0 Å². The van der Waals surface area contributed by atoms with Gasteiger partial charge < -0.3 is 0 Å². The Balaban J connectivity index is 3.55. The predicted octanol–water partition coefficient (Wildman–Crippen LogP) is 7.43. The van der Waals surface area contributed by atoms with Crippen molar-refractivity contribution in [3.05, 3.63) is 0 Å². The van der Waals surface area contributed by atoms with Crippen LogP contribution in [0.4, 0.5) is 0 Å². The first-order chi connectivity index (χ1) is 6.25. The van der Waals surface area contributed by atoms with Gasteiger partial charge >= 0.3 is 0 Å². The van der Waals surface area contributed by atoms with E-state index in [9.17, 15) is 0 Å². The summed E-state index contributed by atoms with van der Waals surface area (Å²) in [6.07, 6.45) is 0. The maximum absolute atomic E-state index is 3.65. The van der Waals surface area contributed by atoms with Gasteiger partial charge in [-0.3, -0.25) is 0 Å². The first kappa shape index (κ1) is 17.9. The zero-order valence-electron chi connectivity index (χ0n) is 6.28. The SMILES string of the molecule is BrC1(Br)C(Br)(Br)C(Br)(Br)C(Br)(Br)C1(Br)Br. The molecule has 0 aliphatic heterocycles. The summed E-state index contributed by atoms with van der Waals surface area (Å²) in [5.41, 5.74) is 0. The Bertz CT molecular complexity index is 199. The summed E-state index contributed by atoms with van der Waals surface area (Å²) in [4.78, 5) is 0. The first-order valence-electron chi connectivity index (χ1n) is 3.14. The molecule has 0 aromatic carbocycles. The van der Waals surface area contributed by atoms with Crippen molar-refractivity contribution in [3.63, 3.8) is 0 Å². The van der Waals surface area contributed by atoms with Crippen molar-refractivity contribution in [2.24, 2.45) is 0 Å². The van der Waals surface area contributed by atoms with Gasteiger partial charge in [-0.25, -0.2) is 0 Å². The van der Waals surface area contributed by atoms with E-state index >= 15 is 0 Å². The van der Waals surface area contributed by atoms with E-state index in [1.165, 1.54) is 0 Å². The molecule has 0 radical (unpaired) electrons. The Labute approximate surface area is 172 Å². The topological polar surface area (TPSA) is 0 Å². The molecule has 0 heterocycles. The minimum atomic E-state index is -0.542. The third kappa shape index (κ3) is 2.14. The number of hydrogen-bond acceptors (Lipinski definition) is 0. The van der Waals surface area contributed by atoms with Crippen LogP contribution >= 0.6 is 159 Å². The molecule has 0 atom stereocenters. The molecule has 0 saturated heterocycles. The fraction of sp³-hybridized carbons (Fsp3) is 1.00. The van der Waals surface area contributed by atoms with Crippen LogP contribution < -0.4 is 0 Å². The largest absolute Gasteiger partial charge is 0.135 e. The highest BCUT2D eigenvalue weighted by Gasteiger charge is 2.83. The van der Waals surface area contributed by atoms with Gasteiger partial charge in [0.1, 0.15) is 16.2 Å². The Kier molecular flexibility index (Phi) is 5.85. The fourth-order valence-corrected chi connectivity index (χ4v) is 12.3. The lowest BCUT2D eigenvalue weighted by Crippen LogP contribution is -2.43. The highest BCUT2D eigenvalue weighted by atomic mass is 79.9. The molecular weight excluding hydrogens is 859 g/mol. The summed E-state index contributed by atoms with van der Waals surface area (Å²) in [5, 5.41) is 0. The molecule has 1 rings (SSSR count). The van der Waals surface area contributed by atoms with Crippen LogP contribution in [0.3, 0.4) is 0 Å². The van der Waals surface area contributed by atoms with Gasteiger partial charge in [0.2, 0.25) is 0 Å². The zero-order chi connectivity index (χ0) is 12.5. The lowest BCUT2D eigenvalue weighted by atomic mass is 10.4. The van der Waals surface area contributed by atoms with E-state index in [1.807, 2.05) is 0 Å². The summed E-state index contributed by atoms with van der Waals surface area (Å²) >= 11 is 36.5. The summed E-state index contributed by atoms with van der Waals surface area (Å²) < 4.78 is -2.71. The molecule has 15 heavy (non-hydrogen) atoms. The van der Waals surface area contributed by atoms with E-state index in [1.54, 1.807) is 0 Å². The summed E-state index contributed by atoms with van der Waals surface area (Å²) in [7, 11) is 0. The number of rotatable bonds is 0. The lowest BCUT2D eigenvalue weighted by molar-refractivity contribution is 0.866. The second-order valence-electron chi connectivity index (χ2n) is 2.87. The van der Waals surface area contributed by atoms with E-state index in [4.69, 9.17) is 0 Å². The van der Waals surface area contributed by atoms with Gasteiger partial charge in [-0.2, -0.15) is 0 Å². The Morgan fingerprint density at radius 1 is 0.267 bits per heavy atom. The average molecular weight is 859 g/mol. The smallest absolute Gasteiger partial charge is 0.0675 e. The summed E-state index contributed by atoms with van der Waals surface area (Å²) in [6, 6.07) is 0. The summed E-state index contributed by atoms with van der Waals surface area (Å²) in [5.74, 6) is 0. The third-order valence-electron chi connectivity index (χ3n) is 1.97. The maximum Gasteiger partial charge on any atom is 0.135 e. The minimum Gasteiger partial charge on any atom is -0.0675 e. The number of alkyl halides is 10. The monoisotopic (exact) mass is 849 g/mol. The van der Waals surface area contributed by atoms with Crippen LogP contribution in [0.5, 0.6) is 0 Å². The predicted molar refractivity (Wildman–Crippen MR) is 103 cm³/mol. The highest BCUT2D eigenvalue weighted by Crippen LogP contribution is 2.82. The van der Waals surface area contributed by atoms with Crippen molar-refractivity contribution < 1.29 is 0 Å². The molecule has 0 aromatic heterocycles. The molecule has 0 bridgehead atoms. The van der Waals surface area contributed by atoms with Crippen LogP contribution in [0.15, 0.2) is 0 Å². The molecule has 1 saturated carbocycles.